The Morgan fingerprint density at radius 3 is 2.62 bits per heavy atom. The number of carbonyl (C=O) groups excluding carboxylic acids is 1. The smallest absolute Gasteiger partial charge is 0.283 e. The molecule has 0 spiro atoms. The average molecular weight is 341 g/mol. The minimum Gasteiger partial charge on any atom is -0.378 e. The van der Waals surface area contributed by atoms with Gasteiger partial charge in [-0.25, -0.2) is 0 Å². The first-order valence-corrected chi connectivity index (χ1v) is 8.57. The van der Waals surface area contributed by atoms with Gasteiger partial charge in [0.25, 0.3) is 5.91 Å². The van der Waals surface area contributed by atoms with Gasteiger partial charge in [0.05, 0.1) is 5.57 Å². The molecule has 7 heteroatoms. The number of aliphatic imine (C=N–C) groups is 1. The van der Waals surface area contributed by atoms with Gasteiger partial charge in [-0.2, -0.15) is 15.1 Å². The third kappa shape index (κ3) is 3.12. The number of hydrazone groups is 1. The Balaban J connectivity index is 1.89. The van der Waals surface area contributed by atoms with Crippen LogP contribution in [0.25, 0.3) is 6.08 Å². The molecule has 3 rings (SSSR count). The number of benzene rings is 1. The molecule has 0 aromatic heterocycles. The summed E-state index contributed by atoms with van der Waals surface area (Å²) in [5.74, 6) is -0.302. The maximum absolute atomic E-state index is 12.3. The molecular formula is C17H19N5OS. The lowest BCUT2D eigenvalue weighted by molar-refractivity contribution is -0.114. The van der Waals surface area contributed by atoms with E-state index in [4.69, 9.17) is 5.41 Å². The highest BCUT2D eigenvalue weighted by Crippen LogP contribution is 2.29. The highest BCUT2D eigenvalue weighted by atomic mass is 32.2. The zero-order chi connectivity index (χ0) is 17.3. The number of hydrogen-bond donors (Lipinski definition) is 1. The van der Waals surface area contributed by atoms with Crippen molar-refractivity contribution in [3.05, 3.63) is 35.4 Å². The van der Waals surface area contributed by atoms with Crippen LogP contribution in [0.1, 0.15) is 25.3 Å². The number of amidine groups is 2. The molecular weight excluding hydrogens is 322 g/mol. The molecule has 2 aliphatic rings. The largest absolute Gasteiger partial charge is 0.378 e. The summed E-state index contributed by atoms with van der Waals surface area (Å²) in [4.78, 5) is 18.4. The monoisotopic (exact) mass is 341 g/mol. The number of thioether (sulfide) groups is 1. The summed E-state index contributed by atoms with van der Waals surface area (Å²) < 4.78 is 0. The van der Waals surface area contributed by atoms with Gasteiger partial charge in [0.1, 0.15) is 5.04 Å². The van der Waals surface area contributed by atoms with Crippen molar-refractivity contribution >= 4 is 45.5 Å². The second-order valence-corrected chi connectivity index (χ2v) is 6.79. The maximum Gasteiger partial charge on any atom is 0.283 e. The van der Waals surface area contributed by atoms with E-state index in [0.29, 0.717) is 5.17 Å². The zero-order valence-corrected chi connectivity index (χ0v) is 14.7. The lowest BCUT2D eigenvalue weighted by atomic mass is 10.1. The van der Waals surface area contributed by atoms with Gasteiger partial charge in [-0.15, -0.1) is 0 Å². The SMILES string of the molecule is CCCC1=NN2C(=N)/C(=C/c3ccc(N(C)C)cc3)C(=O)N=C2S1. The first-order chi connectivity index (χ1) is 11.5. The van der Waals surface area contributed by atoms with Crippen LogP contribution in [0.4, 0.5) is 5.69 Å². The fourth-order valence-electron chi connectivity index (χ4n) is 2.38. The van der Waals surface area contributed by atoms with Crippen LogP contribution >= 0.6 is 11.8 Å². The number of carbonyl (C=O) groups is 1. The Kier molecular flexibility index (Phi) is 4.53. The molecule has 0 atom stereocenters. The second kappa shape index (κ2) is 6.60. The molecule has 6 nitrogen and oxygen atoms in total. The van der Waals surface area contributed by atoms with E-state index in [1.165, 1.54) is 16.8 Å². The first-order valence-electron chi connectivity index (χ1n) is 7.76. The van der Waals surface area contributed by atoms with Crippen LogP contribution in [0.2, 0.25) is 0 Å². The van der Waals surface area contributed by atoms with Gasteiger partial charge < -0.3 is 4.90 Å². The molecule has 1 aromatic rings. The Morgan fingerprint density at radius 1 is 1.29 bits per heavy atom. The Hall–Kier alpha value is -2.41. The number of amides is 1. The summed E-state index contributed by atoms with van der Waals surface area (Å²) in [7, 11) is 3.95. The first kappa shape index (κ1) is 16.4. The maximum atomic E-state index is 12.3. The van der Waals surface area contributed by atoms with E-state index in [0.717, 1.165) is 29.1 Å². The summed E-state index contributed by atoms with van der Waals surface area (Å²) in [6.45, 7) is 2.07. The standard InChI is InChI=1S/C17H19N5OS/c1-4-5-14-20-22-15(18)13(16(23)19-17(22)24-14)10-11-6-8-12(9-7-11)21(2)3/h6-10,18H,4-5H2,1-3H3/b13-10-,18-15?. The molecule has 2 heterocycles. The van der Waals surface area contributed by atoms with Crippen molar-refractivity contribution in [2.24, 2.45) is 10.1 Å². The van der Waals surface area contributed by atoms with E-state index in [1.807, 2.05) is 43.3 Å². The van der Waals surface area contributed by atoms with Crippen molar-refractivity contribution in [1.82, 2.24) is 5.01 Å². The van der Waals surface area contributed by atoms with Crippen molar-refractivity contribution < 1.29 is 4.79 Å². The third-order valence-corrected chi connectivity index (χ3v) is 4.65. The van der Waals surface area contributed by atoms with Gasteiger partial charge in [0.2, 0.25) is 5.17 Å². The Labute approximate surface area is 145 Å². The summed E-state index contributed by atoms with van der Waals surface area (Å²) in [5.41, 5.74) is 2.20. The molecule has 0 unspecified atom stereocenters. The Bertz CT molecular complexity index is 777. The molecule has 0 fully saturated rings. The van der Waals surface area contributed by atoms with Gasteiger partial charge in [-0.3, -0.25) is 10.2 Å². The number of hydrogen-bond acceptors (Lipinski definition) is 5. The fourth-order valence-corrected chi connectivity index (χ4v) is 3.37. The Morgan fingerprint density at radius 2 is 2.00 bits per heavy atom. The summed E-state index contributed by atoms with van der Waals surface area (Å²) >= 11 is 1.37. The van der Waals surface area contributed by atoms with Crippen molar-refractivity contribution in [2.45, 2.75) is 19.8 Å². The van der Waals surface area contributed by atoms with Crippen LogP contribution in [-0.4, -0.2) is 41.1 Å². The van der Waals surface area contributed by atoms with E-state index in [2.05, 4.69) is 17.0 Å². The summed E-state index contributed by atoms with van der Waals surface area (Å²) in [5, 5.41) is 15.5. The molecule has 24 heavy (non-hydrogen) atoms. The quantitative estimate of drug-likeness (QED) is 0.854. The van der Waals surface area contributed by atoms with Crippen molar-refractivity contribution in [3.8, 4) is 0 Å². The van der Waals surface area contributed by atoms with Crippen molar-refractivity contribution in [2.75, 3.05) is 19.0 Å². The lowest BCUT2D eigenvalue weighted by Crippen LogP contribution is -2.35. The third-order valence-electron chi connectivity index (χ3n) is 3.68. The molecule has 2 aliphatic heterocycles. The van der Waals surface area contributed by atoms with Crippen LogP contribution in [0.15, 0.2) is 39.9 Å². The molecule has 0 radical (unpaired) electrons. The molecule has 1 N–H and O–H groups in total. The number of anilines is 1. The number of nitrogens with one attached hydrogen (secondary N) is 1. The van der Waals surface area contributed by atoms with Gasteiger partial charge in [0, 0.05) is 19.8 Å². The van der Waals surface area contributed by atoms with Crippen LogP contribution in [0.5, 0.6) is 0 Å². The van der Waals surface area contributed by atoms with Gasteiger partial charge in [-0.05, 0) is 48.4 Å². The molecule has 0 saturated heterocycles. The van der Waals surface area contributed by atoms with E-state index in [1.54, 1.807) is 6.08 Å². The molecule has 0 bridgehead atoms. The van der Waals surface area contributed by atoms with E-state index >= 15 is 0 Å². The predicted molar refractivity (Wildman–Crippen MR) is 101 cm³/mol. The normalized spacial score (nSPS) is 18.6. The number of nitrogens with zero attached hydrogens (tertiary/aromatic N) is 4. The predicted octanol–water partition coefficient (Wildman–Crippen LogP) is 3.17. The van der Waals surface area contributed by atoms with Crippen molar-refractivity contribution in [3.63, 3.8) is 0 Å². The van der Waals surface area contributed by atoms with Gasteiger partial charge in [-0.1, -0.05) is 19.1 Å². The molecule has 0 aliphatic carbocycles. The summed E-state index contributed by atoms with van der Waals surface area (Å²) in [6.07, 6.45) is 3.49. The number of rotatable bonds is 4. The number of fused-ring (bicyclic) bond motifs is 1. The molecule has 1 amide bonds. The van der Waals surface area contributed by atoms with Crippen LogP contribution in [-0.2, 0) is 4.79 Å². The minimum atomic E-state index is -0.386. The fraction of sp³-hybridized carbons (Fsp3) is 0.294. The van der Waals surface area contributed by atoms with Gasteiger partial charge >= 0.3 is 0 Å². The molecule has 124 valence electrons. The van der Waals surface area contributed by atoms with E-state index < -0.39 is 0 Å². The molecule has 0 saturated carbocycles. The highest BCUT2D eigenvalue weighted by molar-refractivity contribution is 8.26. The molecule has 1 aromatic carbocycles. The van der Waals surface area contributed by atoms with Crippen LogP contribution in [0, 0.1) is 5.41 Å². The van der Waals surface area contributed by atoms with Crippen LogP contribution in [0.3, 0.4) is 0 Å². The minimum absolute atomic E-state index is 0.0836. The highest BCUT2D eigenvalue weighted by Gasteiger charge is 2.35. The van der Waals surface area contributed by atoms with Crippen molar-refractivity contribution in [1.29, 1.82) is 5.41 Å². The second-order valence-electron chi connectivity index (χ2n) is 5.75. The lowest BCUT2D eigenvalue weighted by Gasteiger charge is -2.20. The summed E-state index contributed by atoms with van der Waals surface area (Å²) in [6, 6.07) is 7.79. The van der Waals surface area contributed by atoms with E-state index in [-0.39, 0.29) is 17.3 Å². The average Bonchev–Trinajstić information content (AvgIpc) is 2.95. The van der Waals surface area contributed by atoms with Crippen LogP contribution < -0.4 is 4.90 Å². The topological polar surface area (TPSA) is 72.1 Å². The zero-order valence-electron chi connectivity index (χ0n) is 13.9. The van der Waals surface area contributed by atoms with E-state index in [9.17, 15) is 4.79 Å². The van der Waals surface area contributed by atoms with Gasteiger partial charge in [0.15, 0.2) is 5.84 Å².